The first-order valence-electron chi connectivity index (χ1n) is 9.22. The van der Waals surface area contributed by atoms with Crippen LogP contribution >= 0.6 is 0 Å². The number of ketones is 1. The average molecular weight is 335 g/mol. The molecule has 0 unspecified atom stereocenters. The Bertz CT molecular complexity index is 704. The molecule has 0 spiro atoms. The molecule has 2 bridgehead atoms. The van der Waals surface area contributed by atoms with Crippen molar-refractivity contribution >= 4 is 5.78 Å². The second kappa shape index (κ2) is 6.40. The molecule has 0 aliphatic carbocycles. The van der Waals surface area contributed by atoms with Gasteiger partial charge in [-0.1, -0.05) is 60.7 Å². The highest BCUT2D eigenvalue weighted by Gasteiger charge is 2.50. The first-order valence-corrected chi connectivity index (χ1v) is 9.22. The normalized spacial score (nSPS) is 26.6. The molecule has 2 aromatic rings. The molecule has 0 radical (unpaired) electrons. The van der Waals surface area contributed by atoms with Gasteiger partial charge in [0.05, 0.1) is 0 Å². The molecule has 25 heavy (non-hydrogen) atoms. The van der Waals surface area contributed by atoms with Crippen LogP contribution in [0.25, 0.3) is 0 Å². The Balaban J connectivity index is 1.77. The summed E-state index contributed by atoms with van der Waals surface area (Å²) >= 11 is 0. The zero-order valence-corrected chi connectivity index (χ0v) is 14.6. The van der Waals surface area contributed by atoms with Crippen molar-refractivity contribution in [3.63, 3.8) is 0 Å². The smallest absolute Gasteiger partial charge is 0.178 e. The number of nitrogens with zero attached hydrogens (tertiary/aromatic N) is 1. The fourth-order valence-electron chi connectivity index (χ4n) is 4.82. The molecule has 3 heteroatoms. The molecule has 3 atom stereocenters. The van der Waals surface area contributed by atoms with Gasteiger partial charge in [-0.05, 0) is 43.9 Å². The van der Waals surface area contributed by atoms with Crippen LogP contribution in [0.3, 0.4) is 0 Å². The van der Waals surface area contributed by atoms with E-state index in [1.807, 2.05) is 60.7 Å². The van der Waals surface area contributed by atoms with Crippen molar-refractivity contribution in [1.82, 2.24) is 4.90 Å². The lowest BCUT2D eigenvalue weighted by Gasteiger charge is -2.40. The molecule has 3 nitrogen and oxygen atoms in total. The number of Topliss-reactive ketones (excluding diaryl/α,β-unsaturated/α-hetero) is 1. The van der Waals surface area contributed by atoms with Crippen molar-refractivity contribution in [2.45, 2.75) is 43.4 Å². The first kappa shape index (κ1) is 16.5. The van der Waals surface area contributed by atoms with E-state index in [0.29, 0.717) is 17.2 Å². The monoisotopic (exact) mass is 335 g/mol. The van der Waals surface area contributed by atoms with Crippen molar-refractivity contribution in [2.24, 2.45) is 5.92 Å². The van der Waals surface area contributed by atoms with Crippen molar-refractivity contribution < 1.29 is 9.90 Å². The summed E-state index contributed by atoms with van der Waals surface area (Å²) in [5.74, 6) is -0.170. The molecule has 2 fully saturated rings. The Morgan fingerprint density at radius 1 is 0.920 bits per heavy atom. The van der Waals surface area contributed by atoms with E-state index in [2.05, 4.69) is 11.9 Å². The number of rotatable bonds is 4. The van der Waals surface area contributed by atoms with Crippen LogP contribution in [0, 0.1) is 5.92 Å². The van der Waals surface area contributed by atoms with Crippen molar-refractivity contribution in [3.8, 4) is 0 Å². The van der Waals surface area contributed by atoms with Crippen LogP contribution < -0.4 is 0 Å². The van der Waals surface area contributed by atoms with Gasteiger partial charge in [0.15, 0.2) is 11.4 Å². The second-order valence-electron chi connectivity index (χ2n) is 7.45. The zero-order valence-electron chi connectivity index (χ0n) is 14.6. The Morgan fingerprint density at radius 2 is 1.44 bits per heavy atom. The molecule has 4 rings (SSSR count). The zero-order chi connectivity index (χ0) is 17.4. The molecule has 2 heterocycles. The minimum absolute atomic E-state index is 0.0536. The largest absolute Gasteiger partial charge is 0.373 e. The maximum atomic E-state index is 13.7. The van der Waals surface area contributed by atoms with E-state index < -0.39 is 5.60 Å². The lowest BCUT2D eigenvalue weighted by atomic mass is 9.73. The molecule has 1 N–H and O–H groups in total. The van der Waals surface area contributed by atoms with Gasteiger partial charge < -0.3 is 5.11 Å². The molecule has 2 aliphatic rings. The maximum Gasteiger partial charge on any atom is 0.178 e. The van der Waals surface area contributed by atoms with Crippen LogP contribution in [-0.4, -0.2) is 34.9 Å². The molecule has 2 aliphatic heterocycles. The molecule has 130 valence electrons. The third-order valence-electron chi connectivity index (χ3n) is 6.25. The van der Waals surface area contributed by atoms with Gasteiger partial charge in [0.25, 0.3) is 0 Å². The summed E-state index contributed by atoms with van der Waals surface area (Å²) in [7, 11) is 2.13. The number of hydrogen-bond acceptors (Lipinski definition) is 3. The van der Waals surface area contributed by atoms with E-state index in [0.717, 1.165) is 19.3 Å². The van der Waals surface area contributed by atoms with Crippen LogP contribution in [0.4, 0.5) is 0 Å². The molecule has 2 saturated heterocycles. The summed E-state index contributed by atoms with van der Waals surface area (Å²) in [6, 6.07) is 19.6. The quantitative estimate of drug-likeness (QED) is 0.931. The van der Waals surface area contributed by atoms with E-state index in [4.69, 9.17) is 0 Å². The van der Waals surface area contributed by atoms with Crippen LogP contribution in [0.5, 0.6) is 0 Å². The van der Waals surface area contributed by atoms with E-state index in [1.165, 1.54) is 6.42 Å². The van der Waals surface area contributed by atoms with Gasteiger partial charge in [-0.25, -0.2) is 0 Å². The van der Waals surface area contributed by atoms with Crippen LogP contribution in [0.1, 0.15) is 36.8 Å². The molecular weight excluding hydrogens is 310 g/mol. The number of benzene rings is 2. The maximum absolute atomic E-state index is 13.7. The number of piperidine rings is 1. The highest BCUT2D eigenvalue weighted by molar-refractivity contribution is 5.94. The molecule has 2 aromatic carbocycles. The highest BCUT2D eigenvalue weighted by atomic mass is 16.3. The number of carbonyl (C=O) groups excluding carboxylic acids is 1. The number of carbonyl (C=O) groups is 1. The summed E-state index contributed by atoms with van der Waals surface area (Å²) < 4.78 is 0. The summed E-state index contributed by atoms with van der Waals surface area (Å²) in [6.45, 7) is 0. The van der Waals surface area contributed by atoms with Gasteiger partial charge in [-0.3, -0.25) is 9.69 Å². The van der Waals surface area contributed by atoms with Crippen LogP contribution in [0.15, 0.2) is 60.7 Å². The van der Waals surface area contributed by atoms with Gasteiger partial charge in [0, 0.05) is 18.0 Å². The van der Waals surface area contributed by atoms with Gasteiger partial charge >= 0.3 is 0 Å². The van der Waals surface area contributed by atoms with Gasteiger partial charge in [0.2, 0.25) is 0 Å². The average Bonchev–Trinajstić information content (AvgIpc) is 2.90. The van der Waals surface area contributed by atoms with E-state index in [9.17, 15) is 9.90 Å². The minimum atomic E-state index is -1.58. The Kier molecular flexibility index (Phi) is 4.22. The van der Waals surface area contributed by atoms with Gasteiger partial charge in [-0.15, -0.1) is 0 Å². The van der Waals surface area contributed by atoms with Gasteiger partial charge in [0.1, 0.15) is 0 Å². The lowest BCUT2D eigenvalue weighted by Crippen LogP contribution is -2.51. The van der Waals surface area contributed by atoms with E-state index in [1.54, 1.807) is 0 Å². The SMILES string of the molecule is CN1[C@H]2CC[C@H](C(=O)C(O)(c3ccccc3)c3ccccc3)[C@H]1CC2. The summed E-state index contributed by atoms with van der Waals surface area (Å²) in [5.41, 5.74) is -0.258. The van der Waals surface area contributed by atoms with Crippen LogP contribution in [0.2, 0.25) is 0 Å². The lowest BCUT2D eigenvalue weighted by molar-refractivity contribution is -0.142. The molecular formula is C22H25NO2. The standard InChI is InChI=1S/C22H25NO2/c1-23-18-12-14-19(20(23)15-13-18)21(24)22(25,16-8-4-2-5-9-16)17-10-6-3-7-11-17/h2-11,18-20,25H,12-15H2,1H3/t18-,19-,20+/m0/s1. The van der Waals surface area contributed by atoms with Crippen molar-refractivity contribution in [1.29, 1.82) is 0 Å². The third kappa shape index (κ3) is 2.62. The Morgan fingerprint density at radius 3 is 2.00 bits per heavy atom. The third-order valence-corrected chi connectivity index (χ3v) is 6.25. The van der Waals surface area contributed by atoms with Crippen molar-refractivity contribution in [3.05, 3.63) is 71.8 Å². The van der Waals surface area contributed by atoms with E-state index >= 15 is 0 Å². The summed E-state index contributed by atoms with van der Waals surface area (Å²) in [4.78, 5) is 16.0. The molecule has 0 saturated carbocycles. The summed E-state index contributed by atoms with van der Waals surface area (Å²) in [6.07, 6.45) is 4.14. The number of aliphatic hydroxyl groups is 1. The minimum Gasteiger partial charge on any atom is -0.373 e. The topological polar surface area (TPSA) is 40.5 Å². The second-order valence-corrected chi connectivity index (χ2v) is 7.45. The van der Waals surface area contributed by atoms with Gasteiger partial charge in [-0.2, -0.15) is 0 Å². The first-order chi connectivity index (χ1) is 12.1. The predicted molar refractivity (Wildman–Crippen MR) is 98.2 cm³/mol. The highest BCUT2D eigenvalue weighted by Crippen LogP contribution is 2.43. The predicted octanol–water partition coefficient (Wildman–Crippen LogP) is 3.36. The van der Waals surface area contributed by atoms with E-state index in [-0.39, 0.29) is 17.7 Å². The van der Waals surface area contributed by atoms with Crippen molar-refractivity contribution in [2.75, 3.05) is 7.05 Å². The Hall–Kier alpha value is -1.97. The Labute approximate surface area is 149 Å². The molecule has 0 amide bonds. The number of hydrogen-bond donors (Lipinski definition) is 1. The number of fused-ring (bicyclic) bond motifs is 2. The molecule has 0 aromatic heterocycles. The fourth-order valence-corrected chi connectivity index (χ4v) is 4.82. The van der Waals surface area contributed by atoms with Crippen LogP contribution in [-0.2, 0) is 10.4 Å². The summed E-state index contributed by atoms with van der Waals surface area (Å²) in [5, 5.41) is 11.7. The fraction of sp³-hybridized carbons (Fsp3) is 0.409.